The van der Waals surface area contributed by atoms with Crippen molar-refractivity contribution >= 4 is 5.78 Å². The molecule has 0 aromatic heterocycles. The summed E-state index contributed by atoms with van der Waals surface area (Å²) in [6, 6.07) is 10.1. The Bertz CT molecular complexity index is 371. The van der Waals surface area contributed by atoms with Crippen molar-refractivity contribution in [3.8, 4) is 0 Å². The van der Waals surface area contributed by atoms with Crippen molar-refractivity contribution < 1.29 is 9.53 Å². The highest BCUT2D eigenvalue weighted by atomic mass is 16.6. The number of rotatable bonds is 1. The molecule has 2 aliphatic rings. The van der Waals surface area contributed by atoms with Crippen LogP contribution in [0.5, 0.6) is 0 Å². The van der Waals surface area contributed by atoms with Gasteiger partial charge in [0.25, 0.3) is 0 Å². The molecule has 14 heavy (non-hydrogen) atoms. The van der Waals surface area contributed by atoms with Crippen molar-refractivity contribution in [1.29, 1.82) is 0 Å². The number of Topliss-reactive ketones (excluding diaryl/α,β-unsaturated/α-hetero) is 1. The molecule has 0 N–H and O–H groups in total. The summed E-state index contributed by atoms with van der Waals surface area (Å²) in [7, 11) is 0. The van der Waals surface area contributed by atoms with E-state index >= 15 is 0 Å². The molecule has 0 radical (unpaired) electrons. The number of ether oxygens (including phenoxy) is 1. The van der Waals surface area contributed by atoms with E-state index in [1.165, 1.54) is 0 Å². The summed E-state index contributed by atoms with van der Waals surface area (Å²) in [4.78, 5) is 11.5. The second kappa shape index (κ2) is 2.67. The molecule has 2 unspecified atom stereocenters. The second-order valence-corrected chi connectivity index (χ2v) is 4.07. The number of carbonyl (C=O) groups excluding carboxylic acids is 1. The van der Waals surface area contributed by atoms with Gasteiger partial charge in [-0.3, -0.25) is 4.79 Å². The summed E-state index contributed by atoms with van der Waals surface area (Å²) >= 11 is 0. The van der Waals surface area contributed by atoms with Gasteiger partial charge in [-0.1, -0.05) is 30.3 Å². The average Bonchev–Trinajstić information content (AvgIpc) is 2.97. The lowest BCUT2D eigenvalue weighted by atomic mass is 9.83. The summed E-state index contributed by atoms with van der Waals surface area (Å²) < 4.78 is 5.61. The van der Waals surface area contributed by atoms with E-state index in [4.69, 9.17) is 4.74 Å². The molecular formula is C12H12O2. The zero-order chi connectivity index (χ0) is 9.60. The lowest BCUT2D eigenvalue weighted by Gasteiger charge is -2.16. The Morgan fingerprint density at radius 1 is 1.29 bits per heavy atom. The number of hydrogen-bond acceptors (Lipinski definition) is 2. The Labute approximate surface area is 82.9 Å². The van der Waals surface area contributed by atoms with Crippen LogP contribution in [0, 0.1) is 0 Å². The Kier molecular flexibility index (Phi) is 1.56. The van der Waals surface area contributed by atoms with Crippen LogP contribution in [-0.4, -0.2) is 11.9 Å². The molecule has 1 saturated heterocycles. The molecule has 0 amide bonds. The normalized spacial score (nSPS) is 35.1. The van der Waals surface area contributed by atoms with Crippen LogP contribution in [0.25, 0.3) is 0 Å². The largest absolute Gasteiger partial charge is 0.353 e. The third-order valence-electron chi connectivity index (χ3n) is 3.22. The molecular weight excluding hydrogens is 176 g/mol. The molecule has 2 nitrogen and oxygen atoms in total. The fourth-order valence-electron chi connectivity index (χ4n) is 2.43. The lowest BCUT2D eigenvalue weighted by molar-refractivity contribution is -0.120. The van der Waals surface area contributed by atoms with Gasteiger partial charge in [-0.15, -0.1) is 0 Å². The van der Waals surface area contributed by atoms with Crippen LogP contribution < -0.4 is 0 Å². The average molecular weight is 188 g/mol. The van der Waals surface area contributed by atoms with Gasteiger partial charge < -0.3 is 4.74 Å². The Morgan fingerprint density at radius 3 is 2.86 bits per heavy atom. The van der Waals surface area contributed by atoms with E-state index in [-0.39, 0.29) is 17.5 Å². The topological polar surface area (TPSA) is 29.6 Å². The molecule has 2 heteroatoms. The van der Waals surface area contributed by atoms with E-state index in [1.807, 2.05) is 18.2 Å². The third kappa shape index (κ3) is 0.976. The quantitative estimate of drug-likeness (QED) is 0.631. The third-order valence-corrected chi connectivity index (χ3v) is 3.22. The molecule has 1 aromatic carbocycles. The van der Waals surface area contributed by atoms with Crippen LogP contribution in [0.2, 0.25) is 0 Å². The van der Waals surface area contributed by atoms with Crippen molar-refractivity contribution in [3.05, 3.63) is 35.9 Å². The van der Waals surface area contributed by atoms with Gasteiger partial charge in [0.1, 0.15) is 5.60 Å². The maximum absolute atomic E-state index is 11.5. The minimum Gasteiger partial charge on any atom is -0.353 e. The van der Waals surface area contributed by atoms with Gasteiger partial charge in [-0.25, -0.2) is 0 Å². The smallest absolute Gasteiger partial charge is 0.164 e. The van der Waals surface area contributed by atoms with Crippen LogP contribution in [0.3, 0.4) is 0 Å². The summed E-state index contributed by atoms with van der Waals surface area (Å²) in [6.07, 6.45) is 2.51. The van der Waals surface area contributed by atoms with Crippen LogP contribution in [0.15, 0.2) is 30.3 Å². The first kappa shape index (κ1) is 8.18. The molecule has 1 aliphatic heterocycles. The van der Waals surface area contributed by atoms with Gasteiger partial charge in [-0.05, 0) is 18.4 Å². The number of fused-ring (bicyclic) bond motifs is 1. The maximum Gasteiger partial charge on any atom is 0.164 e. The van der Waals surface area contributed by atoms with Gasteiger partial charge in [0, 0.05) is 6.42 Å². The first-order valence-corrected chi connectivity index (χ1v) is 5.09. The highest BCUT2D eigenvalue weighted by molar-refractivity contribution is 5.88. The molecule has 1 aliphatic carbocycles. The fourth-order valence-corrected chi connectivity index (χ4v) is 2.43. The summed E-state index contributed by atoms with van der Waals surface area (Å²) in [6.45, 7) is 0. The van der Waals surface area contributed by atoms with Gasteiger partial charge >= 0.3 is 0 Å². The number of epoxide rings is 1. The van der Waals surface area contributed by atoms with Crippen molar-refractivity contribution in [2.24, 2.45) is 0 Å². The van der Waals surface area contributed by atoms with E-state index in [0.29, 0.717) is 6.42 Å². The van der Waals surface area contributed by atoms with Gasteiger partial charge in [-0.2, -0.15) is 0 Å². The summed E-state index contributed by atoms with van der Waals surface area (Å²) in [5.74, 6) is 0.278. The minimum atomic E-state index is -0.239. The minimum absolute atomic E-state index is 0.140. The standard InChI is InChI=1S/C12H12O2/c13-10-7-4-8-12(11(10)14-12)9-5-2-1-3-6-9/h1-3,5-6,11H,4,7-8H2. The van der Waals surface area contributed by atoms with Gasteiger partial charge in [0.05, 0.1) is 0 Å². The molecule has 0 bridgehead atoms. The van der Waals surface area contributed by atoms with Gasteiger partial charge in [0.15, 0.2) is 11.9 Å². The van der Waals surface area contributed by atoms with E-state index in [2.05, 4.69) is 12.1 Å². The molecule has 72 valence electrons. The zero-order valence-corrected chi connectivity index (χ0v) is 7.90. The van der Waals surface area contributed by atoms with Crippen LogP contribution in [0.1, 0.15) is 24.8 Å². The van der Waals surface area contributed by atoms with E-state index < -0.39 is 0 Å². The molecule has 1 saturated carbocycles. The predicted octanol–water partition coefficient (Wildman–Crippen LogP) is 2.03. The summed E-state index contributed by atoms with van der Waals surface area (Å²) in [5, 5.41) is 0. The highest BCUT2D eigenvalue weighted by Gasteiger charge is 2.62. The van der Waals surface area contributed by atoms with Crippen LogP contribution >= 0.6 is 0 Å². The highest BCUT2D eigenvalue weighted by Crippen LogP contribution is 2.53. The van der Waals surface area contributed by atoms with E-state index in [9.17, 15) is 4.79 Å². The zero-order valence-electron chi connectivity index (χ0n) is 7.90. The number of ketones is 1. The molecule has 3 rings (SSSR count). The maximum atomic E-state index is 11.5. The molecule has 2 atom stereocenters. The lowest BCUT2D eigenvalue weighted by Crippen LogP contribution is -2.24. The number of benzene rings is 1. The predicted molar refractivity (Wildman–Crippen MR) is 51.9 cm³/mol. The Balaban J connectivity index is 1.97. The van der Waals surface area contributed by atoms with Crippen molar-refractivity contribution in [3.63, 3.8) is 0 Å². The van der Waals surface area contributed by atoms with E-state index in [0.717, 1.165) is 18.4 Å². The SMILES string of the molecule is O=C1CCCC2(c3ccccc3)OC12. The number of hydrogen-bond donors (Lipinski definition) is 0. The molecule has 1 aromatic rings. The Hall–Kier alpha value is -1.15. The molecule has 0 spiro atoms. The van der Waals surface area contributed by atoms with Gasteiger partial charge in [0.2, 0.25) is 0 Å². The summed E-state index contributed by atoms with van der Waals surface area (Å²) in [5.41, 5.74) is 0.925. The first-order valence-electron chi connectivity index (χ1n) is 5.09. The van der Waals surface area contributed by atoms with Crippen molar-refractivity contribution in [2.75, 3.05) is 0 Å². The monoisotopic (exact) mass is 188 g/mol. The number of carbonyl (C=O) groups is 1. The van der Waals surface area contributed by atoms with Crippen molar-refractivity contribution in [2.45, 2.75) is 31.0 Å². The molecule has 2 fully saturated rings. The van der Waals surface area contributed by atoms with Crippen LogP contribution in [0.4, 0.5) is 0 Å². The fraction of sp³-hybridized carbons (Fsp3) is 0.417. The van der Waals surface area contributed by atoms with Crippen LogP contribution in [-0.2, 0) is 15.1 Å². The second-order valence-electron chi connectivity index (χ2n) is 4.07. The molecule has 1 heterocycles. The van der Waals surface area contributed by atoms with E-state index in [1.54, 1.807) is 0 Å². The van der Waals surface area contributed by atoms with Crippen molar-refractivity contribution in [1.82, 2.24) is 0 Å². The Morgan fingerprint density at radius 2 is 2.07 bits per heavy atom. The first-order chi connectivity index (χ1) is 6.83.